The molecular formula is C13H20N2O3S. The van der Waals surface area contributed by atoms with Crippen molar-refractivity contribution < 1.29 is 13.2 Å². The number of hydrogen-bond donors (Lipinski definition) is 1. The molecule has 0 amide bonds. The van der Waals surface area contributed by atoms with Crippen molar-refractivity contribution >= 4 is 10.0 Å². The Bertz CT molecular complexity index is 513. The van der Waals surface area contributed by atoms with E-state index in [1.54, 1.807) is 31.4 Å². The maximum absolute atomic E-state index is 12.5. The summed E-state index contributed by atoms with van der Waals surface area (Å²) in [7, 11) is -1.89. The molecule has 1 saturated heterocycles. The van der Waals surface area contributed by atoms with Crippen LogP contribution < -0.4 is 10.5 Å². The molecule has 1 atom stereocenters. The topological polar surface area (TPSA) is 72.6 Å². The van der Waals surface area contributed by atoms with Crippen molar-refractivity contribution in [3.63, 3.8) is 0 Å². The Labute approximate surface area is 114 Å². The number of sulfonamides is 1. The van der Waals surface area contributed by atoms with Crippen LogP contribution in [0.1, 0.15) is 19.3 Å². The van der Waals surface area contributed by atoms with Gasteiger partial charge in [0.05, 0.1) is 12.0 Å². The van der Waals surface area contributed by atoms with Crippen LogP contribution in [0.5, 0.6) is 5.75 Å². The normalized spacial score (nSPS) is 21.9. The molecule has 0 aromatic heterocycles. The fourth-order valence-corrected chi connectivity index (χ4v) is 3.79. The summed E-state index contributed by atoms with van der Waals surface area (Å²) in [4.78, 5) is 0.294. The maximum Gasteiger partial charge on any atom is 0.243 e. The summed E-state index contributed by atoms with van der Waals surface area (Å²) in [5, 5.41) is 0. The third kappa shape index (κ3) is 3.26. The molecule has 0 bridgehead atoms. The molecule has 2 N–H and O–H groups in total. The minimum Gasteiger partial charge on any atom is -0.497 e. The molecule has 1 aromatic rings. The standard InChI is InChI=1S/C13H20N2O3S/c1-18-12-5-7-13(8-6-12)19(16,17)15-9-3-2-4-11(14)10-15/h5-8,11H,2-4,9-10,14H2,1H3. The van der Waals surface area contributed by atoms with Gasteiger partial charge in [0.15, 0.2) is 0 Å². The van der Waals surface area contributed by atoms with E-state index >= 15 is 0 Å². The fraction of sp³-hybridized carbons (Fsp3) is 0.538. The van der Waals surface area contributed by atoms with Crippen LogP contribution in [-0.4, -0.2) is 39.0 Å². The van der Waals surface area contributed by atoms with Crippen LogP contribution in [0.25, 0.3) is 0 Å². The highest BCUT2D eigenvalue weighted by Crippen LogP contribution is 2.22. The number of nitrogens with two attached hydrogens (primary N) is 1. The summed E-state index contributed by atoms with van der Waals surface area (Å²) in [5.74, 6) is 0.645. The van der Waals surface area contributed by atoms with Gasteiger partial charge in [-0.3, -0.25) is 0 Å². The first kappa shape index (κ1) is 14.3. The number of rotatable bonds is 3. The highest BCUT2D eigenvalue weighted by molar-refractivity contribution is 7.89. The van der Waals surface area contributed by atoms with E-state index in [9.17, 15) is 8.42 Å². The van der Waals surface area contributed by atoms with E-state index in [-0.39, 0.29) is 6.04 Å². The zero-order valence-corrected chi connectivity index (χ0v) is 11.9. The molecule has 106 valence electrons. The van der Waals surface area contributed by atoms with Crippen molar-refractivity contribution in [2.45, 2.75) is 30.2 Å². The number of ether oxygens (including phenoxy) is 1. The van der Waals surface area contributed by atoms with Crippen LogP contribution in [0, 0.1) is 0 Å². The van der Waals surface area contributed by atoms with Crippen molar-refractivity contribution in [1.29, 1.82) is 0 Å². The van der Waals surface area contributed by atoms with Gasteiger partial charge in [-0.1, -0.05) is 6.42 Å². The van der Waals surface area contributed by atoms with Crippen LogP contribution in [0.15, 0.2) is 29.2 Å². The first-order valence-electron chi connectivity index (χ1n) is 6.44. The van der Waals surface area contributed by atoms with Gasteiger partial charge in [-0.15, -0.1) is 0 Å². The Hall–Kier alpha value is -1.11. The van der Waals surface area contributed by atoms with Gasteiger partial charge in [-0.05, 0) is 37.1 Å². The largest absolute Gasteiger partial charge is 0.497 e. The molecule has 0 saturated carbocycles. The molecule has 0 spiro atoms. The maximum atomic E-state index is 12.5. The molecular weight excluding hydrogens is 264 g/mol. The molecule has 19 heavy (non-hydrogen) atoms. The zero-order valence-electron chi connectivity index (χ0n) is 11.1. The number of nitrogens with zero attached hydrogens (tertiary/aromatic N) is 1. The first-order valence-corrected chi connectivity index (χ1v) is 7.88. The Balaban J connectivity index is 2.24. The highest BCUT2D eigenvalue weighted by Gasteiger charge is 2.27. The highest BCUT2D eigenvalue weighted by atomic mass is 32.2. The minimum absolute atomic E-state index is 0.0736. The molecule has 1 heterocycles. The second-order valence-corrected chi connectivity index (χ2v) is 6.73. The smallest absolute Gasteiger partial charge is 0.243 e. The van der Waals surface area contributed by atoms with E-state index in [2.05, 4.69) is 0 Å². The average molecular weight is 284 g/mol. The predicted octanol–water partition coefficient (Wildman–Crippen LogP) is 1.20. The van der Waals surface area contributed by atoms with Crippen LogP contribution in [-0.2, 0) is 10.0 Å². The van der Waals surface area contributed by atoms with Crippen LogP contribution >= 0.6 is 0 Å². The lowest BCUT2D eigenvalue weighted by Gasteiger charge is -2.22. The molecule has 1 aliphatic heterocycles. The summed E-state index contributed by atoms with van der Waals surface area (Å²) in [6, 6.07) is 6.39. The minimum atomic E-state index is -3.45. The average Bonchev–Trinajstić information content (AvgIpc) is 2.64. The second kappa shape index (κ2) is 5.90. The van der Waals surface area contributed by atoms with Crippen molar-refractivity contribution in [2.75, 3.05) is 20.2 Å². The van der Waals surface area contributed by atoms with E-state index in [1.165, 1.54) is 4.31 Å². The van der Waals surface area contributed by atoms with Crippen LogP contribution in [0.2, 0.25) is 0 Å². The molecule has 1 aromatic carbocycles. The number of methoxy groups -OCH3 is 1. The van der Waals surface area contributed by atoms with E-state index in [0.717, 1.165) is 19.3 Å². The van der Waals surface area contributed by atoms with E-state index < -0.39 is 10.0 Å². The van der Waals surface area contributed by atoms with Gasteiger partial charge < -0.3 is 10.5 Å². The van der Waals surface area contributed by atoms with Crippen molar-refractivity contribution in [1.82, 2.24) is 4.31 Å². The molecule has 6 heteroatoms. The monoisotopic (exact) mass is 284 g/mol. The summed E-state index contributed by atoms with van der Waals surface area (Å²) in [6.07, 6.45) is 2.73. The van der Waals surface area contributed by atoms with Crippen molar-refractivity contribution in [3.8, 4) is 5.75 Å². The van der Waals surface area contributed by atoms with Crippen LogP contribution in [0.3, 0.4) is 0 Å². The third-order valence-electron chi connectivity index (χ3n) is 3.37. The lowest BCUT2D eigenvalue weighted by molar-refractivity contribution is 0.404. The van der Waals surface area contributed by atoms with Gasteiger partial charge in [-0.2, -0.15) is 4.31 Å². The molecule has 2 rings (SSSR count). The lowest BCUT2D eigenvalue weighted by Crippen LogP contribution is -2.39. The summed E-state index contributed by atoms with van der Waals surface area (Å²) in [6.45, 7) is 0.941. The molecule has 1 aliphatic rings. The van der Waals surface area contributed by atoms with Crippen molar-refractivity contribution in [2.24, 2.45) is 5.73 Å². The van der Waals surface area contributed by atoms with Crippen LogP contribution in [0.4, 0.5) is 0 Å². The predicted molar refractivity (Wildman–Crippen MR) is 73.6 cm³/mol. The van der Waals surface area contributed by atoms with Gasteiger partial charge in [0.1, 0.15) is 5.75 Å². The fourth-order valence-electron chi connectivity index (χ4n) is 2.25. The van der Waals surface area contributed by atoms with E-state index in [4.69, 9.17) is 10.5 Å². The molecule has 5 nitrogen and oxygen atoms in total. The SMILES string of the molecule is COc1ccc(S(=O)(=O)N2CCCCC(N)C2)cc1. The Morgan fingerprint density at radius 3 is 2.58 bits per heavy atom. The Morgan fingerprint density at radius 2 is 1.95 bits per heavy atom. The summed E-state index contributed by atoms with van der Waals surface area (Å²) in [5.41, 5.74) is 5.92. The second-order valence-electron chi connectivity index (χ2n) is 4.79. The number of benzene rings is 1. The molecule has 0 aliphatic carbocycles. The van der Waals surface area contributed by atoms with Crippen molar-refractivity contribution in [3.05, 3.63) is 24.3 Å². The van der Waals surface area contributed by atoms with E-state index in [0.29, 0.717) is 23.7 Å². The zero-order chi connectivity index (χ0) is 13.9. The summed E-state index contributed by atoms with van der Waals surface area (Å²) < 4.78 is 31.6. The van der Waals surface area contributed by atoms with Gasteiger partial charge in [0.2, 0.25) is 10.0 Å². The third-order valence-corrected chi connectivity index (χ3v) is 5.25. The Morgan fingerprint density at radius 1 is 1.26 bits per heavy atom. The first-order chi connectivity index (χ1) is 9.04. The number of hydrogen-bond acceptors (Lipinski definition) is 4. The molecule has 1 fully saturated rings. The molecule has 0 radical (unpaired) electrons. The molecule has 1 unspecified atom stereocenters. The van der Waals surface area contributed by atoms with Gasteiger partial charge >= 0.3 is 0 Å². The van der Waals surface area contributed by atoms with Gasteiger partial charge in [0, 0.05) is 19.1 Å². The quantitative estimate of drug-likeness (QED) is 0.905. The summed E-state index contributed by atoms with van der Waals surface area (Å²) >= 11 is 0. The Kier molecular flexibility index (Phi) is 4.44. The van der Waals surface area contributed by atoms with Gasteiger partial charge in [-0.25, -0.2) is 8.42 Å². The van der Waals surface area contributed by atoms with Gasteiger partial charge in [0.25, 0.3) is 0 Å². The lowest BCUT2D eigenvalue weighted by atomic mass is 10.2. The van der Waals surface area contributed by atoms with E-state index in [1.807, 2.05) is 0 Å².